The van der Waals surface area contributed by atoms with Crippen molar-refractivity contribution in [3.8, 4) is 0 Å². The van der Waals surface area contributed by atoms with Crippen LogP contribution >= 0.6 is 0 Å². The fourth-order valence-corrected chi connectivity index (χ4v) is 8.53. The molecule has 6 rings (SSSR count). The Morgan fingerprint density at radius 2 is 1.51 bits per heavy atom. The highest BCUT2D eigenvalue weighted by Gasteiger charge is 2.87. The van der Waals surface area contributed by atoms with Gasteiger partial charge in [-0.1, -0.05) is 18.2 Å². The summed E-state index contributed by atoms with van der Waals surface area (Å²) in [4.78, 5) is 79.9. The van der Waals surface area contributed by atoms with Crippen molar-refractivity contribution in [1.29, 1.82) is 0 Å². The van der Waals surface area contributed by atoms with Gasteiger partial charge >= 0.3 is 29.8 Å². The summed E-state index contributed by atoms with van der Waals surface area (Å²) in [6, 6.07) is 11.7. The molecule has 2 saturated carbocycles. The maximum absolute atomic E-state index is 14.2. The number of benzene rings is 1. The molecule has 53 heavy (non-hydrogen) atoms. The third-order valence-electron chi connectivity index (χ3n) is 10.7. The van der Waals surface area contributed by atoms with E-state index in [2.05, 4.69) is 0 Å². The van der Waals surface area contributed by atoms with E-state index < -0.39 is 94.6 Å². The standard InChI is InChI=1S/C38H41NO14/c1-21(40)48-20-37-26(50-34(45)25-15-17-47-19-25)14-16-36(5,46)38(37)30(49-22(2)41)28(35(3,4)53-38)29(31(37)52-32(43)23-10-8-7-9-11-23)51-33(44)24-12-13-27(42)39(6)18-24/h7-13,15,17-19,26,28-31,46H,14,16,20H2,1-6H3. The lowest BCUT2D eigenvalue weighted by Crippen LogP contribution is -2.83. The maximum Gasteiger partial charge on any atom is 0.341 e. The first-order valence-electron chi connectivity index (χ1n) is 17.0. The number of aliphatic hydroxyl groups is 1. The minimum atomic E-state index is -2.14. The Morgan fingerprint density at radius 3 is 2.13 bits per heavy atom. The quantitative estimate of drug-likeness (QED) is 0.249. The molecule has 1 aliphatic heterocycles. The van der Waals surface area contributed by atoms with Gasteiger partial charge in [0, 0.05) is 33.2 Å². The Bertz CT molecular complexity index is 1970. The Kier molecular flexibility index (Phi) is 9.62. The molecule has 3 aliphatic rings. The van der Waals surface area contributed by atoms with E-state index in [0.717, 1.165) is 20.1 Å². The number of ether oxygens (including phenoxy) is 6. The molecule has 8 unspecified atom stereocenters. The van der Waals surface area contributed by atoms with E-state index in [1.165, 1.54) is 61.3 Å². The topological polar surface area (TPSA) is 196 Å². The van der Waals surface area contributed by atoms with E-state index in [1.807, 2.05) is 0 Å². The number of carbonyl (C=O) groups is 5. The third kappa shape index (κ3) is 6.20. The number of pyridine rings is 1. The van der Waals surface area contributed by atoms with Crippen LogP contribution in [0.3, 0.4) is 0 Å². The lowest BCUT2D eigenvalue weighted by atomic mass is 9.46. The van der Waals surface area contributed by atoms with Gasteiger partial charge in [0.05, 0.1) is 40.1 Å². The summed E-state index contributed by atoms with van der Waals surface area (Å²) in [5.41, 5.74) is -8.01. The lowest BCUT2D eigenvalue weighted by Gasteiger charge is -2.65. The second-order valence-electron chi connectivity index (χ2n) is 14.5. The second-order valence-corrected chi connectivity index (χ2v) is 14.5. The van der Waals surface area contributed by atoms with Crippen LogP contribution in [0.2, 0.25) is 0 Å². The number of nitrogens with zero attached hydrogens (tertiary/aromatic N) is 1. The van der Waals surface area contributed by atoms with Crippen LogP contribution < -0.4 is 5.56 Å². The van der Waals surface area contributed by atoms with Gasteiger partial charge < -0.3 is 42.5 Å². The second kappa shape index (κ2) is 13.6. The first-order chi connectivity index (χ1) is 24.9. The zero-order chi connectivity index (χ0) is 38.5. The molecule has 3 heterocycles. The van der Waals surface area contributed by atoms with Gasteiger partial charge in [0.1, 0.15) is 36.6 Å². The number of rotatable bonds is 9. The van der Waals surface area contributed by atoms with Gasteiger partial charge in [-0.2, -0.15) is 0 Å². The van der Waals surface area contributed by atoms with Crippen molar-refractivity contribution in [1.82, 2.24) is 4.57 Å². The first-order valence-corrected chi connectivity index (χ1v) is 17.0. The molecular weight excluding hydrogens is 694 g/mol. The molecule has 282 valence electrons. The number of esters is 5. The van der Waals surface area contributed by atoms with Crippen molar-refractivity contribution in [2.45, 2.75) is 88.7 Å². The van der Waals surface area contributed by atoms with Crippen LogP contribution in [0.15, 0.2) is 76.5 Å². The summed E-state index contributed by atoms with van der Waals surface area (Å²) < 4.78 is 43.9. The van der Waals surface area contributed by atoms with Crippen LogP contribution in [0.25, 0.3) is 0 Å². The van der Waals surface area contributed by atoms with Crippen molar-refractivity contribution >= 4 is 29.8 Å². The van der Waals surface area contributed by atoms with E-state index >= 15 is 0 Å². The number of aromatic nitrogens is 1. The summed E-state index contributed by atoms with van der Waals surface area (Å²) in [6.45, 7) is 6.26. The van der Waals surface area contributed by atoms with Crippen LogP contribution in [0.4, 0.5) is 0 Å². The van der Waals surface area contributed by atoms with Crippen molar-refractivity contribution in [2.24, 2.45) is 18.4 Å². The van der Waals surface area contributed by atoms with Gasteiger partial charge in [-0.3, -0.25) is 14.4 Å². The maximum atomic E-state index is 14.2. The van der Waals surface area contributed by atoms with Crippen LogP contribution in [0.1, 0.15) is 78.5 Å². The van der Waals surface area contributed by atoms with Gasteiger partial charge in [0.25, 0.3) is 0 Å². The first kappa shape index (κ1) is 37.5. The largest absolute Gasteiger partial charge is 0.472 e. The fourth-order valence-electron chi connectivity index (χ4n) is 8.53. The Balaban J connectivity index is 1.65. The molecule has 1 aromatic carbocycles. The average Bonchev–Trinajstić information content (AvgIpc) is 3.70. The third-order valence-corrected chi connectivity index (χ3v) is 10.7. The van der Waals surface area contributed by atoms with E-state index in [0.29, 0.717) is 0 Å². The average molecular weight is 736 g/mol. The zero-order valence-corrected chi connectivity index (χ0v) is 30.1. The predicted molar refractivity (Wildman–Crippen MR) is 180 cm³/mol. The van der Waals surface area contributed by atoms with Gasteiger partial charge in [-0.25, -0.2) is 14.4 Å². The molecule has 3 fully saturated rings. The molecule has 1 saturated heterocycles. The van der Waals surface area contributed by atoms with Crippen molar-refractivity contribution < 1.29 is 61.9 Å². The van der Waals surface area contributed by atoms with Gasteiger partial charge in [0.2, 0.25) is 5.56 Å². The van der Waals surface area contributed by atoms with Crippen LogP contribution in [-0.2, 0) is 45.1 Å². The normalized spacial score (nSPS) is 31.0. The molecule has 2 bridgehead atoms. The number of aryl methyl sites for hydroxylation is 1. The van der Waals surface area contributed by atoms with Crippen LogP contribution in [0, 0.1) is 11.3 Å². The minimum Gasteiger partial charge on any atom is -0.472 e. The summed E-state index contributed by atoms with van der Waals surface area (Å²) in [5.74, 6) is -5.48. The van der Waals surface area contributed by atoms with Crippen molar-refractivity contribution in [3.05, 3.63) is 94.3 Å². The highest BCUT2D eigenvalue weighted by Crippen LogP contribution is 2.69. The monoisotopic (exact) mass is 735 g/mol. The number of hydrogen-bond acceptors (Lipinski definition) is 14. The van der Waals surface area contributed by atoms with E-state index in [1.54, 1.807) is 32.0 Å². The highest BCUT2D eigenvalue weighted by molar-refractivity contribution is 5.91. The Hall–Kier alpha value is -5.28. The van der Waals surface area contributed by atoms with E-state index in [-0.39, 0.29) is 29.5 Å². The molecule has 8 atom stereocenters. The fraction of sp³-hybridized carbons (Fsp3) is 0.474. The molecule has 15 nitrogen and oxygen atoms in total. The molecular formula is C38H41NO14. The predicted octanol–water partition coefficient (Wildman–Crippen LogP) is 3.16. The Morgan fingerprint density at radius 1 is 0.830 bits per heavy atom. The molecule has 1 N–H and O–H groups in total. The summed E-state index contributed by atoms with van der Waals surface area (Å²) in [6.07, 6.45) is -2.69. The molecule has 1 spiro atoms. The molecule has 0 radical (unpaired) electrons. The number of fused-ring (bicyclic) bond motifs is 1. The van der Waals surface area contributed by atoms with Crippen LogP contribution in [0.5, 0.6) is 0 Å². The van der Waals surface area contributed by atoms with Crippen molar-refractivity contribution in [2.75, 3.05) is 6.61 Å². The zero-order valence-electron chi connectivity index (χ0n) is 30.1. The van der Waals surface area contributed by atoms with Gasteiger partial charge in [0.15, 0.2) is 11.7 Å². The molecule has 15 heteroatoms. The molecule has 3 aromatic rings. The van der Waals surface area contributed by atoms with E-state index in [4.69, 9.17) is 32.8 Å². The Labute approximate surface area is 304 Å². The number of furan rings is 1. The summed E-state index contributed by atoms with van der Waals surface area (Å²) in [7, 11) is 1.44. The number of carbonyl (C=O) groups excluding carboxylic acids is 5. The highest BCUT2D eigenvalue weighted by atomic mass is 16.6. The lowest BCUT2D eigenvalue weighted by molar-refractivity contribution is -0.346. The van der Waals surface area contributed by atoms with E-state index in [9.17, 15) is 33.9 Å². The molecule has 2 aromatic heterocycles. The van der Waals surface area contributed by atoms with Crippen LogP contribution in [-0.4, -0.2) is 87.3 Å². The molecule has 2 aliphatic carbocycles. The van der Waals surface area contributed by atoms with Crippen molar-refractivity contribution in [3.63, 3.8) is 0 Å². The van der Waals surface area contributed by atoms with Gasteiger partial charge in [-0.05, 0) is 57.9 Å². The summed E-state index contributed by atoms with van der Waals surface area (Å²) in [5, 5.41) is 12.6. The number of hydrogen-bond donors (Lipinski definition) is 1. The summed E-state index contributed by atoms with van der Waals surface area (Å²) >= 11 is 0. The minimum absolute atomic E-state index is 0.0207. The SMILES string of the molecule is CC(=O)OCC12C(OC(=O)c3ccoc3)CCC(C)(O)C13OC(C)(C)C(C(OC(=O)c1ccc(=O)n(C)c1)C2OC(=O)c1ccccc1)C3OC(C)=O. The van der Waals surface area contributed by atoms with Gasteiger partial charge in [-0.15, -0.1) is 0 Å². The molecule has 0 amide bonds. The smallest absolute Gasteiger partial charge is 0.341 e.